The van der Waals surface area contributed by atoms with E-state index in [1.807, 2.05) is 30.7 Å². The van der Waals surface area contributed by atoms with Gasteiger partial charge in [-0.3, -0.25) is 9.59 Å². The van der Waals surface area contributed by atoms with E-state index in [1.165, 1.54) is 10.6 Å². The third-order valence-electron chi connectivity index (χ3n) is 6.55. The lowest BCUT2D eigenvalue weighted by Crippen LogP contribution is -2.33. The lowest BCUT2D eigenvalue weighted by molar-refractivity contribution is 0.0773. The molecule has 1 aliphatic carbocycles. The number of piperidine rings is 1. The van der Waals surface area contributed by atoms with Crippen LogP contribution < -0.4 is 5.56 Å². The highest BCUT2D eigenvalue weighted by atomic mass is 19.1. The molecule has 2 aromatic heterocycles. The Kier molecular flexibility index (Phi) is 3.42. The first-order valence-corrected chi connectivity index (χ1v) is 9.53. The number of likely N-dealkylation sites (tertiary alicyclic amines) is 1. The zero-order valence-corrected chi connectivity index (χ0v) is 16.2. The molecule has 3 aromatic rings. The summed E-state index contributed by atoms with van der Waals surface area (Å²) < 4.78 is 17.7. The molecule has 5 nitrogen and oxygen atoms in total. The molecule has 0 spiro atoms. The summed E-state index contributed by atoms with van der Waals surface area (Å²) in [5, 5.41) is 0.468. The van der Waals surface area contributed by atoms with Gasteiger partial charge in [0.15, 0.2) is 0 Å². The summed E-state index contributed by atoms with van der Waals surface area (Å²) in [6, 6.07) is 6.87. The minimum Gasteiger partial charge on any atom is -0.349 e. The monoisotopic (exact) mass is 379 g/mol. The molecule has 2 atom stereocenters. The van der Waals surface area contributed by atoms with E-state index >= 15 is 0 Å². The van der Waals surface area contributed by atoms with E-state index in [4.69, 9.17) is 0 Å². The van der Waals surface area contributed by atoms with Gasteiger partial charge in [0.1, 0.15) is 5.82 Å². The van der Waals surface area contributed by atoms with Crippen LogP contribution in [0.25, 0.3) is 10.9 Å². The molecule has 0 bridgehead atoms. The van der Waals surface area contributed by atoms with Gasteiger partial charge < -0.3 is 14.0 Å². The highest BCUT2D eigenvalue weighted by Crippen LogP contribution is 2.59. The highest BCUT2D eigenvalue weighted by Gasteiger charge is 2.62. The van der Waals surface area contributed by atoms with Gasteiger partial charge in [-0.25, -0.2) is 4.39 Å². The molecule has 5 rings (SSSR count). The largest absolute Gasteiger partial charge is 0.349 e. The zero-order chi connectivity index (χ0) is 19.8. The molecule has 3 heterocycles. The topological polar surface area (TPSA) is 47.2 Å². The molecule has 0 radical (unpaired) electrons. The number of pyridine rings is 1. The number of benzene rings is 1. The van der Waals surface area contributed by atoms with Crippen LogP contribution in [0.1, 0.15) is 27.9 Å². The number of carbonyl (C=O) groups excluding carboxylic acids is 1. The van der Waals surface area contributed by atoms with Crippen LogP contribution >= 0.6 is 0 Å². The van der Waals surface area contributed by atoms with E-state index in [9.17, 15) is 14.0 Å². The molecular weight excluding hydrogens is 357 g/mol. The fourth-order valence-electron chi connectivity index (χ4n) is 5.16. The molecule has 0 N–H and O–H groups in total. The van der Waals surface area contributed by atoms with Gasteiger partial charge in [-0.1, -0.05) is 18.2 Å². The fourth-order valence-corrected chi connectivity index (χ4v) is 5.16. The Morgan fingerprint density at radius 2 is 1.93 bits per heavy atom. The number of hydrogen-bond acceptors (Lipinski definition) is 2. The molecule has 28 heavy (non-hydrogen) atoms. The van der Waals surface area contributed by atoms with Crippen molar-refractivity contribution < 1.29 is 9.18 Å². The van der Waals surface area contributed by atoms with Crippen molar-refractivity contribution in [2.75, 3.05) is 13.1 Å². The maximum atomic E-state index is 14.4. The van der Waals surface area contributed by atoms with Crippen LogP contribution in [0.2, 0.25) is 0 Å². The molecule has 1 aliphatic heterocycles. The maximum absolute atomic E-state index is 14.4. The van der Waals surface area contributed by atoms with E-state index in [1.54, 1.807) is 30.4 Å². The number of hydrogen-bond donors (Lipinski definition) is 0. The van der Waals surface area contributed by atoms with Gasteiger partial charge in [0.25, 0.3) is 11.5 Å². The normalized spacial score (nSPS) is 23.3. The fraction of sp³-hybridized carbons (Fsp3) is 0.364. The van der Waals surface area contributed by atoms with E-state index < -0.39 is 0 Å². The maximum Gasteiger partial charge on any atom is 0.260 e. The Morgan fingerprint density at radius 1 is 1.18 bits per heavy atom. The Bertz CT molecular complexity index is 1210. The number of halogens is 1. The zero-order valence-electron chi connectivity index (χ0n) is 16.2. The van der Waals surface area contributed by atoms with E-state index in [-0.39, 0.29) is 28.6 Å². The molecule has 2 fully saturated rings. The van der Waals surface area contributed by atoms with E-state index in [0.717, 1.165) is 17.5 Å². The molecule has 1 aromatic carbocycles. The average Bonchev–Trinajstić information content (AvgIpc) is 3.04. The molecule has 6 heteroatoms. The summed E-state index contributed by atoms with van der Waals surface area (Å²) in [4.78, 5) is 27.9. The van der Waals surface area contributed by atoms with Crippen molar-refractivity contribution >= 4 is 16.8 Å². The predicted octanol–water partition coefficient (Wildman–Crippen LogP) is 2.74. The van der Waals surface area contributed by atoms with Crippen LogP contribution in [-0.2, 0) is 19.5 Å². The Morgan fingerprint density at radius 3 is 2.68 bits per heavy atom. The quantitative estimate of drug-likeness (QED) is 0.687. The first-order chi connectivity index (χ1) is 13.3. The van der Waals surface area contributed by atoms with Gasteiger partial charge in [0.2, 0.25) is 0 Å². The summed E-state index contributed by atoms with van der Waals surface area (Å²) in [6.45, 7) is 3.05. The van der Waals surface area contributed by atoms with Crippen molar-refractivity contribution in [1.29, 1.82) is 0 Å². The van der Waals surface area contributed by atoms with Crippen LogP contribution in [0.3, 0.4) is 0 Å². The van der Waals surface area contributed by atoms with E-state index in [2.05, 4.69) is 0 Å². The summed E-state index contributed by atoms with van der Waals surface area (Å²) in [5.74, 6) is -0.0573. The van der Waals surface area contributed by atoms with Crippen LogP contribution in [0, 0.1) is 18.7 Å². The van der Waals surface area contributed by atoms with Crippen molar-refractivity contribution in [2.24, 2.45) is 20.0 Å². The second-order valence-electron chi connectivity index (χ2n) is 8.33. The molecule has 1 saturated heterocycles. The van der Waals surface area contributed by atoms with Crippen molar-refractivity contribution in [3.05, 3.63) is 69.5 Å². The summed E-state index contributed by atoms with van der Waals surface area (Å²) >= 11 is 0. The molecular formula is C22H22FN3O2. The van der Waals surface area contributed by atoms with Gasteiger partial charge >= 0.3 is 0 Å². The smallest absolute Gasteiger partial charge is 0.260 e. The summed E-state index contributed by atoms with van der Waals surface area (Å²) in [5.41, 5.74) is 2.45. The minimum atomic E-state index is -0.271. The molecule has 2 aliphatic rings. The van der Waals surface area contributed by atoms with Crippen molar-refractivity contribution in [1.82, 2.24) is 14.0 Å². The molecule has 1 saturated carbocycles. The number of fused-ring (bicyclic) bond motifs is 2. The predicted molar refractivity (Wildman–Crippen MR) is 105 cm³/mol. The van der Waals surface area contributed by atoms with Crippen molar-refractivity contribution in [3.8, 4) is 0 Å². The van der Waals surface area contributed by atoms with Gasteiger partial charge in [0.05, 0.1) is 16.5 Å². The number of carbonyl (C=O) groups is 1. The summed E-state index contributed by atoms with van der Waals surface area (Å²) in [7, 11) is 3.56. The van der Waals surface area contributed by atoms with Gasteiger partial charge in [0, 0.05) is 45.0 Å². The van der Waals surface area contributed by atoms with Crippen LogP contribution in [0.5, 0.6) is 0 Å². The first kappa shape index (κ1) is 17.2. The standard InChI is InChI=1S/C22H22FN3O2/c1-13-9-25(3)21(28)18-15(11-24(2)19(13)18)20(27)26-10-14-8-22(14,12-26)16-6-4-5-7-17(16)23/h4-7,9,11,14H,8,10,12H2,1-3H3. The number of aromatic nitrogens is 2. The number of amides is 1. The number of rotatable bonds is 2. The number of aryl methyl sites for hydroxylation is 3. The number of nitrogens with zero attached hydrogens (tertiary/aromatic N) is 3. The van der Waals surface area contributed by atoms with Crippen LogP contribution in [-0.4, -0.2) is 33.0 Å². The van der Waals surface area contributed by atoms with Gasteiger partial charge in [-0.05, 0) is 36.5 Å². The first-order valence-electron chi connectivity index (χ1n) is 9.53. The van der Waals surface area contributed by atoms with E-state index in [0.29, 0.717) is 29.6 Å². The average molecular weight is 379 g/mol. The highest BCUT2D eigenvalue weighted by molar-refractivity contribution is 6.07. The Hall–Kier alpha value is -2.89. The minimum absolute atomic E-state index is 0.142. The second-order valence-corrected chi connectivity index (χ2v) is 8.33. The SMILES string of the molecule is Cc1cn(C)c(=O)c2c(C(=O)N3CC4CC4(c4ccccc4F)C3)cn(C)c12. The van der Waals surface area contributed by atoms with Crippen LogP contribution in [0.4, 0.5) is 4.39 Å². The van der Waals surface area contributed by atoms with Gasteiger partial charge in [-0.2, -0.15) is 0 Å². The molecule has 2 unspecified atom stereocenters. The molecule has 144 valence electrons. The van der Waals surface area contributed by atoms with Crippen molar-refractivity contribution in [2.45, 2.75) is 18.8 Å². The second kappa shape index (κ2) is 5.56. The lowest BCUT2D eigenvalue weighted by atomic mass is 9.94. The van der Waals surface area contributed by atoms with Crippen LogP contribution in [0.15, 0.2) is 41.5 Å². The Balaban J connectivity index is 1.55. The summed E-state index contributed by atoms with van der Waals surface area (Å²) in [6.07, 6.45) is 4.45. The third kappa shape index (κ3) is 2.17. The molecule has 1 amide bonds. The lowest BCUT2D eigenvalue weighted by Gasteiger charge is -2.21. The third-order valence-corrected chi connectivity index (χ3v) is 6.55. The van der Waals surface area contributed by atoms with Crippen molar-refractivity contribution in [3.63, 3.8) is 0 Å². The Labute approximate surface area is 162 Å². The van der Waals surface area contributed by atoms with Gasteiger partial charge in [-0.15, -0.1) is 0 Å².